The van der Waals surface area contributed by atoms with E-state index in [1.54, 1.807) is 37.5 Å². The predicted octanol–water partition coefficient (Wildman–Crippen LogP) is 6.35. The SMILES string of the molecule is COc1ccc(/C=C2\SC(=O)N(CCOc3cccc(C)c3)C2=O)cc1OCc1ccc(Cl)cc1. The zero-order valence-electron chi connectivity index (χ0n) is 19.3. The molecule has 2 amide bonds. The molecule has 0 atom stereocenters. The highest BCUT2D eigenvalue weighted by atomic mass is 35.5. The molecule has 1 heterocycles. The molecule has 4 rings (SSSR count). The molecule has 0 aromatic heterocycles. The summed E-state index contributed by atoms with van der Waals surface area (Å²) >= 11 is 6.85. The van der Waals surface area contributed by atoms with E-state index >= 15 is 0 Å². The summed E-state index contributed by atoms with van der Waals surface area (Å²) in [5, 5.41) is 0.339. The van der Waals surface area contributed by atoms with Gasteiger partial charge in [0.2, 0.25) is 0 Å². The van der Waals surface area contributed by atoms with E-state index in [4.69, 9.17) is 25.8 Å². The number of aryl methyl sites for hydroxylation is 1. The van der Waals surface area contributed by atoms with Crippen LogP contribution in [0.4, 0.5) is 4.79 Å². The van der Waals surface area contributed by atoms with Crippen LogP contribution < -0.4 is 14.2 Å². The number of nitrogens with zero attached hydrogens (tertiary/aromatic N) is 1. The average Bonchev–Trinajstić information content (AvgIpc) is 3.11. The van der Waals surface area contributed by atoms with Crippen LogP contribution in [0, 0.1) is 6.92 Å². The Kier molecular flexibility index (Phi) is 8.00. The minimum atomic E-state index is -0.340. The largest absolute Gasteiger partial charge is 0.493 e. The van der Waals surface area contributed by atoms with Crippen molar-refractivity contribution in [3.05, 3.63) is 93.3 Å². The molecular formula is C27H24ClNO5S. The highest BCUT2D eigenvalue weighted by molar-refractivity contribution is 8.18. The molecule has 35 heavy (non-hydrogen) atoms. The molecule has 1 saturated heterocycles. The molecular weight excluding hydrogens is 486 g/mol. The van der Waals surface area contributed by atoms with Crippen LogP contribution in [0.5, 0.6) is 17.2 Å². The summed E-state index contributed by atoms with van der Waals surface area (Å²) in [6, 6.07) is 20.4. The topological polar surface area (TPSA) is 65.1 Å². The average molecular weight is 510 g/mol. The Hall–Kier alpha value is -3.42. The van der Waals surface area contributed by atoms with Gasteiger partial charge in [0, 0.05) is 5.02 Å². The van der Waals surface area contributed by atoms with E-state index in [0.717, 1.165) is 28.5 Å². The number of hydrogen-bond donors (Lipinski definition) is 0. The van der Waals surface area contributed by atoms with Gasteiger partial charge in [-0.2, -0.15) is 0 Å². The quantitative estimate of drug-likeness (QED) is 0.313. The number of thioether (sulfide) groups is 1. The molecule has 3 aromatic carbocycles. The van der Waals surface area contributed by atoms with Crippen molar-refractivity contribution in [1.82, 2.24) is 4.90 Å². The van der Waals surface area contributed by atoms with Gasteiger partial charge in [-0.15, -0.1) is 0 Å². The zero-order chi connectivity index (χ0) is 24.8. The van der Waals surface area contributed by atoms with Crippen LogP contribution in [0.25, 0.3) is 6.08 Å². The molecule has 180 valence electrons. The number of carbonyl (C=O) groups is 2. The molecule has 1 aliphatic rings. The second-order valence-corrected chi connectivity index (χ2v) is 9.25. The van der Waals surface area contributed by atoms with Crippen LogP contribution in [-0.2, 0) is 11.4 Å². The number of methoxy groups -OCH3 is 1. The van der Waals surface area contributed by atoms with Crippen LogP contribution in [0.2, 0.25) is 5.02 Å². The molecule has 8 heteroatoms. The lowest BCUT2D eigenvalue weighted by Gasteiger charge is -2.13. The van der Waals surface area contributed by atoms with E-state index in [-0.39, 0.29) is 24.3 Å². The fourth-order valence-electron chi connectivity index (χ4n) is 3.44. The second kappa shape index (κ2) is 11.3. The molecule has 0 N–H and O–H groups in total. The number of carbonyl (C=O) groups excluding carboxylic acids is 2. The highest BCUT2D eigenvalue weighted by Crippen LogP contribution is 2.34. The third-order valence-electron chi connectivity index (χ3n) is 5.24. The number of hydrogen-bond acceptors (Lipinski definition) is 6. The van der Waals surface area contributed by atoms with Crippen molar-refractivity contribution in [2.45, 2.75) is 13.5 Å². The van der Waals surface area contributed by atoms with Gasteiger partial charge in [-0.3, -0.25) is 14.5 Å². The smallest absolute Gasteiger partial charge is 0.293 e. The van der Waals surface area contributed by atoms with Gasteiger partial charge < -0.3 is 14.2 Å². The van der Waals surface area contributed by atoms with Crippen molar-refractivity contribution < 1.29 is 23.8 Å². The standard InChI is InChI=1S/C27H24ClNO5S/c1-18-4-3-5-22(14-18)33-13-12-29-26(30)25(35-27(29)31)16-20-8-11-23(32-2)24(15-20)34-17-19-6-9-21(28)10-7-19/h3-11,14-16H,12-13,17H2,1-2H3/b25-16-. The van der Waals surface area contributed by atoms with Crippen LogP contribution >= 0.6 is 23.4 Å². The van der Waals surface area contributed by atoms with Crippen molar-refractivity contribution in [3.8, 4) is 17.2 Å². The minimum absolute atomic E-state index is 0.175. The first kappa shape index (κ1) is 24.7. The molecule has 0 unspecified atom stereocenters. The first-order valence-electron chi connectivity index (χ1n) is 10.9. The number of rotatable bonds is 9. The van der Waals surface area contributed by atoms with Gasteiger partial charge in [0.25, 0.3) is 11.1 Å². The highest BCUT2D eigenvalue weighted by Gasteiger charge is 2.34. The Morgan fingerprint density at radius 3 is 2.51 bits per heavy atom. The Morgan fingerprint density at radius 1 is 0.971 bits per heavy atom. The number of ether oxygens (including phenoxy) is 3. The van der Waals surface area contributed by atoms with E-state index in [1.165, 1.54) is 4.90 Å². The Balaban J connectivity index is 1.42. The maximum absolute atomic E-state index is 12.9. The van der Waals surface area contributed by atoms with E-state index < -0.39 is 0 Å². The van der Waals surface area contributed by atoms with Gasteiger partial charge in [0.05, 0.1) is 18.6 Å². The van der Waals surface area contributed by atoms with Crippen LogP contribution in [0.15, 0.2) is 71.6 Å². The van der Waals surface area contributed by atoms with Gasteiger partial charge in [-0.05, 0) is 77.9 Å². The zero-order valence-corrected chi connectivity index (χ0v) is 20.9. The molecule has 0 saturated carbocycles. The third-order valence-corrected chi connectivity index (χ3v) is 6.40. The van der Waals surface area contributed by atoms with Crippen molar-refractivity contribution in [2.75, 3.05) is 20.3 Å². The molecule has 0 aliphatic carbocycles. The monoisotopic (exact) mass is 509 g/mol. The molecule has 0 spiro atoms. The first-order valence-corrected chi connectivity index (χ1v) is 12.1. The number of benzene rings is 3. The number of halogens is 1. The van der Waals surface area contributed by atoms with Gasteiger partial charge in [0.15, 0.2) is 11.5 Å². The molecule has 1 fully saturated rings. The summed E-state index contributed by atoms with van der Waals surface area (Å²) in [5.41, 5.74) is 2.75. The Bertz CT molecular complexity index is 1260. The summed E-state index contributed by atoms with van der Waals surface area (Å²) in [7, 11) is 1.56. The normalized spacial score (nSPS) is 14.5. The molecule has 1 aliphatic heterocycles. The Labute approximate surface area is 213 Å². The van der Waals surface area contributed by atoms with Gasteiger partial charge in [-0.1, -0.05) is 41.9 Å². The maximum atomic E-state index is 12.9. The van der Waals surface area contributed by atoms with E-state index in [2.05, 4.69) is 0 Å². The second-order valence-electron chi connectivity index (χ2n) is 7.82. The number of imide groups is 1. The molecule has 0 bridgehead atoms. The molecule has 3 aromatic rings. The van der Waals surface area contributed by atoms with Crippen LogP contribution in [0.3, 0.4) is 0 Å². The molecule has 6 nitrogen and oxygen atoms in total. The first-order chi connectivity index (χ1) is 16.9. The van der Waals surface area contributed by atoms with E-state index in [9.17, 15) is 9.59 Å². The predicted molar refractivity (Wildman–Crippen MR) is 138 cm³/mol. The van der Waals surface area contributed by atoms with Crippen molar-refractivity contribution in [2.24, 2.45) is 0 Å². The lowest BCUT2D eigenvalue weighted by atomic mass is 10.1. The lowest BCUT2D eigenvalue weighted by Crippen LogP contribution is -2.32. The Morgan fingerprint density at radius 2 is 1.77 bits per heavy atom. The lowest BCUT2D eigenvalue weighted by molar-refractivity contribution is -0.123. The van der Waals surface area contributed by atoms with Crippen LogP contribution in [0.1, 0.15) is 16.7 Å². The summed E-state index contributed by atoms with van der Waals surface area (Å²) < 4.78 is 17.1. The van der Waals surface area contributed by atoms with E-state index in [1.807, 2.05) is 49.4 Å². The summed E-state index contributed by atoms with van der Waals surface area (Å²) in [6.07, 6.45) is 1.68. The van der Waals surface area contributed by atoms with Crippen molar-refractivity contribution in [3.63, 3.8) is 0 Å². The fraction of sp³-hybridized carbons (Fsp3) is 0.185. The molecule has 0 radical (unpaired) electrons. The summed E-state index contributed by atoms with van der Waals surface area (Å²) in [5.74, 6) is 1.46. The summed E-state index contributed by atoms with van der Waals surface area (Å²) in [4.78, 5) is 26.9. The van der Waals surface area contributed by atoms with Crippen molar-refractivity contribution in [1.29, 1.82) is 0 Å². The minimum Gasteiger partial charge on any atom is -0.493 e. The van der Waals surface area contributed by atoms with E-state index in [0.29, 0.717) is 33.8 Å². The fourth-order valence-corrected chi connectivity index (χ4v) is 4.43. The van der Waals surface area contributed by atoms with Gasteiger partial charge in [0.1, 0.15) is 19.0 Å². The maximum Gasteiger partial charge on any atom is 0.293 e. The number of amides is 2. The third kappa shape index (κ3) is 6.38. The van der Waals surface area contributed by atoms with Crippen molar-refractivity contribution >= 4 is 40.6 Å². The summed E-state index contributed by atoms with van der Waals surface area (Å²) in [6.45, 7) is 2.70. The van der Waals surface area contributed by atoms with Crippen LogP contribution in [-0.4, -0.2) is 36.3 Å². The van der Waals surface area contributed by atoms with Gasteiger partial charge >= 0.3 is 0 Å². The van der Waals surface area contributed by atoms with Gasteiger partial charge in [-0.25, -0.2) is 0 Å².